The first-order valence-electron chi connectivity index (χ1n) is 4.34. The van der Waals surface area contributed by atoms with Gasteiger partial charge in [0.25, 0.3) is 0 Å². The molecule has 14 heavy (non-hydrogen) atoms. The number of methoxy groups -OCH3 is 1. The van der Waals surface area contributed by atoms with Gasteiger partial charge in [-0.15, -0.1) is 0 Å². The molecule has 0 bridgehead atoms. The minimum absolute atomic E-state index is 0.214. The number of benzene rings is 1. The Morgan fingerprint density at radius 1 is 1.57 bits per heavy atom. The molecule has 0 aliphatic carbocycles. The van der Waals surface area contributed by atoms with Crippen molar-refractivity contribution in [3.05, 3.63) is 29.8 Å². The third kappa shape index (κ3) is 3.45. The smallest absolute Gasteiger partial charge is 0.319 e. The molecule has 0 saturated carbocycles. The Hall–Kier alpha value is -1.55. The van der Waals surface area contributed by atoms with Gasteiger partial charge in [0.15, 0.2) is 0 Å². The van der Waals surface area contributed by atoms with Gasteiger partial charge in [-0.1, -0.05) is 12.1 Å². The number of rotatable bonds is 4. The van der Waals surface area contributed by atoms with Crippen LogP contribution in [0.15, 0.2) is 24.3 Å². The molecule has 0 spiro atoms. The molecule has 0 heterocycles. The lowest BCUT2D eigenvalue weighted by Gasteiger charge is -2.04. The van der Waals surface area contributed by atoms with Crippen LogP contribution < -0.4 is 11.1 Å². The molecule has 1 rings (SSSR count). The number of carbonyl (C=O) groups excluding carboxylic acids is 1. The molecule has 0 atom stereocenters. The Morgan fingerprint density at radius 2 is 2.36 bits per heavy atom. The highest BCUT2D eigenvalue weighted by Gasteiger charge is 1.98. The van der Waals surface area contributed by atoms with E-state index in [1.165, 1.54) is 7.11 Å². The molecule has 0 unspecified atom stereocenters. The molecular weight excluding hydrogens is 180 g/mol. The number of hydrogen-bond acceptors (Lipinski definition) is 4. The summed E-state index contributed by atoms with van der Waals surface area (Å²) in [5.74, 6) is -0.270. The molecule has 0 saturated heterocycles. The third-order valence-electron chi connectivity index (χ3n) is 1.78. The van der Waals surface area contributed by atoms with Crippen LogP contribution in [-0.4, -0.2) is 19.6 Å². The van der Waals surface area contributed by atoms with E-state index in [1.807, 2.05) is 24.3 Å². The lowest BCUT2D eigenvalue weighted by atomic mass is 10.2. The van der Waals surface area contributed by atoms with Gasteiger partial charge in [0.1, 0.15) is 0 Å². The molecule has 0 aliphatic heterocycles. The first-order chi connectivity index (χ1) is 6.72. The van der Waals surface area contributed by atoms with Crippen molar-refractivity contribution in [1.82, 2.24) is 5.32 Å². The van der Waals surface area contributed by atoms with Crippen LogP contribution in [0.2, 0.25) is 0 Å². The average Bonchev–Trinajstić information content (AvgIpc) is 2.17. The van der Waals surface area contributed by atoms with Crippen LogP contribution in [0.25, 0.3) is 0 Å². The lowest BCUT2D eigenvalue weighted by Crippen LogP contribution is -2.23. The van der Waals surface area contributed by atoms with E-state index in [4.69, 9.17) is 5.73 Å². The Kier molecular flexibility index (Phi) is 3.94. The highest BCUT2D eigenvalue weighted by Crippen LogP contribution is 2.05. The Bertz CT molecular complexity index is 313. The SMILES string of the molecule is COC(=O)CNCc1cccc(N)c1. The van der Waals surface area contributed by atoms with Crippen molar-refractivity contribution >= 4 is 11.7 Å². The van der Waals surface area contributed by atoms with Gasteiger partial charge in [0.05, 0.1) is 13.7 Å². The molecule has 0 aliphatic rings. The molecule has 4 nitrogen and oxygen atoms in total. The molecule has 0 aromatic heterocycles. The fraction of sp³-hybridized carbons (Fsp3) is 0.300. The monoisotopic (exact) mass is 194 g/mol. The van der Waals surface area contributed by atoms with Crippen molar-refractivity contribution < 1.29 is 9.53 Å². The van der Waals surface area contributed by atoms with Crippen molar-refractivity contribution in [2.75, 3.05) is 19.4 Å². The van der Waals surface area contributed by atoms with E-state index in [1.54, 1.807) is 0 Å². The van der Waals surface area contributed by atoms with Crippen LogP contribution in [0.1, 0.15) is 5.56 Å². The van der Waals surface area contributed by atoms with Crippen LogP contribution in [0.4, 0.5) is 5.69 Å². The molecule has 76 valence electrons. The van der Waals surface area contributed by atoms with Gasteiger partial charge >= 0.3 is 5.97 Å². The largest absolute Gasteiger partial charge is 0.468 e. The Balaban J connectivity index is 2.35. The predicted octanol–water partition coefficient (Wildman–Crippen LogP) is 0.531. The normalized spacial score (nSPS) is 9.79. The highest BCUT2D eigenvalue weighted by atomic mass is 16.5. The van der Waals surface area contributed by atoms with Crippen molar-refractivity contribution in [2.45, 2.75) is 6.54 Å². The molecular formula is C10H14N2O2. The first-order valence-corrected chi connectivity index (χ1v) is 4.34. The topological polar surface area (TPSA) is 64.3 Å². The Morgan fingerprint density at radius 3 is 3.00 bits per heavy atom. The van der Waals surface area contributed by atoms with Gasteiger partial charge in [-0.3, -0.25) is 4.79 Å². The van der Waals surface area contributed by atoms with Crippen LogP contribution in [0.5, 0.6) is 0 Å². The predicted molar refractivity (Wildman–Crippen MR) is 54.6 cm³/mol. The molecule has 0 fully saturated rings. The summed E-state index contributed by atoms with van der Waals surface area (Å²) in [6.07, 6.45) is 0. The fourth-order valence-electron chi connectivity index (χ4n) is 1.08. The summed E-state index contributed by atoms with van der Waals surface area (Å²) in [4.78, 5) is 10.8. The zero-order chi connectivity index (χ0) is 10.4. The van der Waals surface area contributed by atoms with E-state index in [0.29, 0.717) is 6.54 Å². The molecule has 3 N–H and O–H groups in total. The van der Waals surface area contributed by atoms with Crippen LogP contribution in [0.3, 0.4) is 0 Å². The molecule has 1 aromatic rings. The van der Waals surface area contributed by atoms with Crippen molar-refractivity contribution in [3.8, 4) is 0 Å². The summed E-state index contributed by atoms with van der Waals surface area (Å²) in [7, 11) is 1.37. The summed E-state index contributed by atoms with van der Waals surface area (Å²) in [5, 5.41) is 2.95. The van der Waals surface area contributed by atoms with Crippen molar-refractivity contribution in [2.24, 2.45) is 0 Å². The number of anilines is 1. The van der Waals surface area contributed by atoms with Crippen LogP contribution in [-0.2, 0) is 16.1 Å². The second-order valence-corrected chi connectivity index (χ2v) is 2.92. The molecule has 0 amide bonds. The zero-order valence-corrected chi connectivity index (χ0v) is 8.12. The Labute approximate surface area is 83.1 Å². The summed E-state index contributed by atoms with van der Waals surface area (Å²) >= 11 is 0. The summed E-state index contributed by atoms with van der Waals surface area (Å²) in [6.45, 7) is 0.825. The zero-order valence-electron chi connectivity index (χ0n) is 8.12. The lowest BCUT2D eigenvalue weighted by molar-refractivity contribution is -0.139. The number of nitrogens with one attached hydrogen (secondary N) is 1. The second-order valence-electron chi connectivity index (χ2n) is 2.92. The summed E-state index contributed by atoms with van der Waals surface area (Å²) in [5.41, 5.74) is 7.37. The number of nitrogen functional groups attached to an aromatic ring is 1. The van der Waals surface area contributed by atoms with E-state index in [9.17, 15) is 4.79 Å². The fourth-order valence-corrected chi connectivity index (χ4v) is 1.08. The maximum absolute atomic E-state index is 10.8. The minimum atomic E-state index is -0.270. The molecule has 0 radical (unpaired) electrons. The maximum Gasteiger partial charge on any atom is 0.319 e. The average molecular weight is 194 g/mol. The van der Waals surface area contributed by atoms with Crippen molar-refractivity contribution in [3.63, 3.8) is 0 Å². The van der Waals surface area contributed by atoms with Gasteiger partial charge in [-0.25, -0.2) is 0 Å². The summed E-state index contributed by atoms with van der Waals surface area (Å²) in [6, 6.07) is 7.51. The minimum Gasteiger partial charge on any atom is -0.468 e. The van der Waals surface area contributed by atoms with Crippen LogP contribution in [0, 0.1) is 0 Å². The van der Waals surface area contributed by atoms with Gasteiger partial charge < -0.3 is 15.8 Å². The van der Waals surface area contributed by atoms with Crippen LogP contribution >= 0.6 is 0 Å². The van der Waals surface area contributed by atoms with Gasteiger partial charge in [-0.2, -0.15) is 0 Å². The second kappa shape index (κ2) is 5.24. The maximum atomic E-state index is 10.8. The van der Waals surface area contributed by atoms with E-state index < -0.39 is 0 Å². The van der Waals surface area contributed by atoms with E-state index in [0.717, 1.165) is 11.3 Å². The quantitative estimate of drug-likeness (QED) is 0.542. The number of ether oxygens (including phenoxy) is 1. The third-order valence-corrected chi connectivity index (χ3v) is 1.78. The van der Waals surface area contributed by atoms with Crippen molar-refractivity contribution in [1.29, 1.82) is 0 Å². The number of hydrogen-bond donors (Lipinski definition) is 2. The van der Waals surface area contributed by atoms with E-state index >= 15 is 0 Å². The number of esters is 1. The molecule has 1 aromatic carbocycles. The summed E-state index contributed by atoms with van der Waals surface area (Å²) < 4.78 is 4.49. The standard InChI is InChI=1S/C10H14N2O2/c1-14-10(13)7-12-6-8-3-2-4-9(11)5-8/h2-5,12H,6-7,11H2,1H3. The number of nitrogens with two attached hydrogens (primary N) is 1. The highest BCUT2D eigenvalue weighted by molar-refractivity contribution is 5.71. The van der Waals surface area contributed by atoms with Gasteiger partial charge in [0.2, 0.25) is 0 Å². The van der Waals surface area contributed by atoms with E-state index in [-0.39, 0.29) is 12.5 Å². The molecule has 4 heteroatoms. The number of carbonyl (C=O) groups is 1. The van der Waals surface area contributed by atoms with E-state index in [2.05, 4.69) is 10.1 Å². The van der Waals surface area contributed by atoms with Gasteiger partial charge in [-0.05, 0) is 17.7 Å². The van der Waals surface area contributed by atoms with Gasteiger partial charge in [0, 0.05) is 12.2 Å². The first kappa shape index (κ1) is 10.5.